The Labute approximate surface area is 172 Å². The summed E-state index contributed by atoms with van der Waals surface area (Å²) in [5.41, 5.74) is 1.99. The molecule has 0 unspecified atom stereocenters. The second kappa shape index (κ2) is 11.1. The zero-order valence-electron chi connectivity index (χ0n) is 17.6. The number of nitrogens with one attached hydrogen (secondary N) is 1. The first-order valence-corrected chi connectivity index (χ1v) is 9.84. The number of rotatable bonds is 10. The van der Waals surface area contributed by atoms with Crippen molar-refractivity contribution in [1.82, 2.24) is 10.2 Å². The van der Waals surface area contributed by atoms with Crippen molar-refractivity contribution in [3.63, 3.8) is 0 Å². The van der Waals surface area contributed by atoms with Gasteiger partial charge in [0.2, 0.25) is 5.91 Å². The zero-order chi connectivity index (χ0) is 21.2. The van der Waals surface area contributed by atoms with Crippen molar-refractivity contribution in [3.8, 4) is 11.5 Å². The van der Waals surface area contributed by atoms with Gasteiger partial charge < -0.3 is 19.7 Å². The number of hydrogen-bond acceptors (Lipinski definition) is 4. The lowest BCUT2D eigenvalue weighted by atomic mass is 10.1. The van der Waals surface area contributed by atoms with E-state index in [2.05, 4.69) is 5.32 Å². The highest BCUT2D eigenvalue weighted by atomic mass is 16.5. The van der Waals surface area contributed by atoms with Gasteiger partial charge in [-0.2, -0.15) is 0 Å². The lowest BCUT2D eigenvalue weighted by Crippen LogP contribution is -2.49. The molecule has 0 saturated heterocycles. The molecule has 2 rings (SSSR count). The molecule has 0 aliphatic heterocycles. The fraction of sp³-hybridized carbons (Fsp3) is 0.391. The normalized spacial score (nSPS) is 11.4. The van der Waals surface area contributed by atoms with Crippen molar-refractivity contribution in [2.45, 2.75) is 39.8 Å². The maximum absolute atomic E-state index is 13.0. The van der Waals surface area contributed by atoms with Gasteiger partial charge in [-0.05, 0) is 50.1 Å². The molecule has 0 heterocycles. The molecule has 29 heavy (non-hydrogen) atoms. The molecule has 6 heteroatoms. The van der Waals surface area contributed by atoms with Crippen LogP contribution < -0.4 is 14.8 Å². The van der Waals surface area contributed by atoms with Gasteiger partial charge in [0, 0.05) is 13.1 Å². The van der Waals surface area contributed by atoms with E-state index in [0.29, 0.717) is 18.0 Å². The Hall–Kier alpha value is -3.02. The van der Waals surface area contributed by atoms with Gasteiger partial charge in [0.25, 0.3) is 5.91 Å². The van der Waals surface area contributed by atoms with Crippen LogP contribution in [-0.2, 0) is 16.1 Å². The van der Waals surface area contributed by atoms with Gasteiger partial charge in [-0.25, -0.2) is 0 Å². The van der Waals surface area contributed by atoms with Crippen LogP contribution in [0.5, 0.6) is 11.5 Å². The fourth-order valence-electron chi connectivity index (χ4n) is 2.81. The Morgan fingerprint density at radius 1 is 1.10 bits per heavy atom. The van der Waals surface area contributed by atoms with E-state index in [4.69, 9.17) is 9.47 Å². The van der Waals surface area contributed by atoms with Gasteiger partial charge in [0.1, 0.15) is 17.5 Å². The first-order chi connectivity index (χ1) is 13.9. The quantitative estimate of drug-likeness (QED) is 0.667. The smallest absolute Gasteiger partial charge is 0.261 e. The third-order valence-corrected chi connectivity index (χ3v) is 4.59. The monoisotopic (exact) mass is 398 g/mol. The van der Waals surface area contributed by atoms with Crippen molar-refractivity contribution in [2.75, 3.05) is 20.3 Å². The molecule has 0 aliphatic carbocycles. The number of nitrogens with zero attached hydrogens (tertiary/aromatic N) is 1. The SMILES string of the molecule is CCCNC(=O)[C@@H](C)N(Cc1cccc(OC)c1)C(=O)COc1ccc(C)cc1. The van der Waals surface area contributed by atoms with Crippen LogP contribution in [0.4, 0.5) is 0 Å². The van der Waals surface area contributed by atoms with Crippen LogP contribution in [0.25, 0.3) is 0 Å². The summed E-state index contributed by atoms with van der Waals surface area (Å²) in [5, 5.41) is 2.86. The highest BCUT2D eigenvalue weighted by Gasteiger charge is 2.26. The lowest BCUT2D eigenvalue weighted by Gasteiger charge is -2.28. The van der Waals surface area contributed by atoms with Crippen LogP contribution in [0.15, 0.2) is 48.5 Å². The standard InChI is InChI=1S/C23H30N2O4/c1-5-13-24-23(27)18(3)25(15-19-7-6-8-21(14-19)28-4)22(26)16-29-20-11-9-17(2)10-12-20/h6-12,14,18H,5,13,15-16H2,1-4H3,(H,24,27)/t18-/m1/s1. The summed E-state index contributed by atoms with van der Waals surface area (Å²) in [6, 6.07) is 14.3. The van der Waals surface area contributed by atoms with Gasteiger partial charge in [-0.3, -0.25) is 9.59 Å². The van der Waals surface area contributed by atoms with Crippen LogP contribution >= 0.6 is 0 Å². The molecule has 156 valence electrons. The number of aryl methyl sites for hydroxylation is 1. The van der Waals surface area contributed by atoms with Crippen LogP contribution in [0.2, 0.25) is 0 Å². The number of carbonyl (C=O) groups excluding carboxylic acids is 2. The van der Waals surface area contributed by atoms with E-state index in [1.54, 1.807) is 14.0 Å². The van der Waals surface area contributed by atoms with E-state index in [0.717, 1.165) is 17.5 Å². The maximum Gasteiger partial charge on any atom is 0.261 e. The molecule has 1 atom stereocenters. The second-order valence-corrected chi connectivity index (χ2v) is 6.94. The largest absolute Gasteiger partial charge is 0.497 e. The van der Waals surface area contributed by atoms with Crippen molar-refractivity contribution >= 4 is 11.8 Å². The highest BCUT2D eigenvalue weighted by molar-refractivity contribution is 5.87. The van der Waals surface area contributed by atoms with Crippen molar-refractivity contribution in [1.29, 1.82) is 0 Å². The Balaban J connectivity index is 2.14. The van der Waals surface area contributed by atoms with E-state index in [1.165, 1.54) is 4.90 Å². The van der Waals surface area contributed by atoms with Gasteiger partial charge in [0.15, 0.2) is 6.61 Å². The molecule has 2 aromatic carbocycles. The number of carbonyl (C=O) groups is 2. The summed E-state index contributed by atoms with van der Waals surface area (Å²) in [6.07, 6.45) is 0.832. The van der Waals surface area contributed by atoms with Crippen LogP contribution in [0.1, 0.15) is 31.4 Å². The van der Waals surface area contributed by atoms with E-state index in [-0.39, 0.29) is 25.0 Å². The summed E-state index contributed by atoms with van der Waals surface area (Å²) >= 11 is 0. The molecule has 6 nitrogen and oxygen atoms in total. The van der Waals surface area contributed by atoms with E-state index in [1.807, 2.05) is 62.4 Å². The number of ether oxygens (including phenoxy) is 2. The van der Waals surface area contributed by atoms with Gasteiger partial charge in [-0.15, -0.1) is 0 Å². The predicted octanol–water partition coefficient (Wildman–Crippen LogP) is 3.33. The number of hydrogen-bond donors (Lipinski definition) is 1. The molecule has 0 bridgehead atoms. The van der Waals surface area contributed by atoms with E-state index < -0.39 is 6.04 Å². The molecule has 0 radical (unpaired) electrons. The van der Waals surface area contributed by atoms with E-state index >= 15 is 0 Å². The van der Waals surface area contributed by atoms with Crippen LogP contribution in [0.3, 0.4) is 0 Å². The summed E-state index contributed by atoms with van der Waals surface area (Å²) in [5.74, 6) is 0.883. The number of methoxy groups -OCH3 is 1. The van der Waals surface area contributed by atoms with Crippen molar-refractivity contribution in [2.24, 2.45) is 0 Å². The first-order valence-electron chi connectivity index (χ1n) is 9.84. The predicted molar refractivity (Wildman–Crippen MR) is 113 cm³/mol. The van der Waals surface area contributed by atoms with Crippen LogP contribution in [-0.4, -0.2) is 43.0 Å². The minimum Gasteiger partial charge on any atom is -0.497 e. The molecule has 0 aromatic heterocycles. The Morgan fingerprint density at radius 3 is 2.48 bits per heavy atom. The molecular weight excluding hydrogens is 368 g/mol. The fourth-order valence-corrected chi connectivity index (χ4v) is 2.81. The highest BCUT2D eigenvalue weighted by Crippen LogP contribution is 2.17. The van der Waals surface area contributed by atoms with Crippen molar-refractivity contribution < 1.29 is 19.1 Å². The Bertz CT molecular complexity index is 805. The minimum absolute atomic E-state index is 0.140. The molecule has 2 aromatic rings. The first kappa shape index (κ1) is 22.3. The third-order valence-electron chi connectivity index (χ3n) is 4.59. The molecular formula is C23H30N2O4. The minimum atomic E-state index is -0.623. The average molecular weight is 399 g/mol. The molecule has 0 spiro atoms. The summed E-state index contributed by atoms with van der Waals surface area (Å²) in [6.45, 7) is 6.42. The zero-order valence-corrected chi connectivity index (χ0v) is 17.6. The topological polar surface area (TPSA) is 67.9 Å². The van der Waals surface area contributed by atoms with E-state index in [9.17, 15) is 9.59 Å². The van der Waals surface area contributed by atoms with Gasteiger partial charge >= 0.3 is 0 Å². The van der Waals surface area contributed by atoms with Crippen molar-refractivity contribution in [3.05, 3.63) is 59.7 Å². The third kappa shape index (κ3) is 6.82. The molecule has 1 N–H and O–H groups in total. The molecule has 0 aliphatic rings. The summed E-state index contributed by atoms with van der Waals surface area (Å²) in [7, 11) is 1.60. The molecule has 0 saturated carbocycles. The summed E-state index contributed by atoms with van der Waals surface area (Å²) in [4.78, 5) is 27.0. The molecule has 0 fully saturated rings. The number of benzene rings is 2. The Morgan fingerprint density at radius 2 is 1.83 bits per heavy atom. The maximum atomic E-state index is 13.0. The van der Waals surface area contributed by atoms with Crippen LogP contribution in [0, 0.1) is 6.92 Å². The number of amides is 2. The second-order valence-electron chi connectivity index (χ2n) is 6.94. The van der Waals surface area contributed by atoms with Gasteiger partial charge in [-0.1, -0.05) is 36.8 Å². The summed E-state index contributed by atoms with van der Waals surface area (Å²) < 4.78 is 10.9. The van der Waals surface area contributed by atoms with Gasteiger partial charge in [0.05, 0.1) is 7.11 Å². The molecule has 2 amide bonds. The average Bonchev–Trinajstić information content (AvgIpc) is 2.74. The lowest BCUT2D eigenvalue weighted by molar-refractivity contribution is -0.142. The Kier molecular flexibility index (Phi) is 8.52.